The molecule has 2 aromatic rings. The fourth-order valence-corrected chi connectivity index (χ4v) is 4.82. The standard InChI is InChI=1S/C15H18N2O3S2/c18-15(17-22(19,20)13-2-1-6-16-10-13)9-11-3-4-14-12(8-11)5-7-21-14/h3-5,7-8,13,16H,1-2,6,9-10H2,(H,17,18)/t13-/m1/s1. The maximum absolute atomic E-state index is 12.2. The van der Waals surface area contributed by atoms with Crippen molar-refractivity contribution in [3.8, 4) is 0 Å². The molecule has 0 unspecified atom stereocenters. The summed E-state index contributed by atoms with van der Waals surface area (Å²) in [6, 6.07) is 7.75. The molecular formula is C15H18N2O3S2. The van der Waals surface area contributed by atoms with Gasteiger partial charge in [0, 0.05) is 11.2 Å². The van der Waals surface area contributed by atoms with Gasteiger partial charge in [0.05, 0.1) is 11.7 Å². The molecule has 0 spiro atoms. The first-order chi connectivity index (χ1) is 10.5. The van der Waals surface area contributed by atoms with Crippen LogP contribution < -0.4 is 10.0 Å². The average molecular weight is 338 g/mol. The van der Waals surface area contributed by atoms with Gasteiger partial charge >= 0.3 is 0 Å². The van der Waals surface area contributed by atoms with E-state index in [4.69, 9.17) is 0 Å². The van der Waals surface area contributed by atoms with Gasteiger partial charge in [-0.2, -0.15) is 0 Å². The second-order valence-electron chi connectivity index (χ2n) is 5.51. The topological polar surface area (TPSA) is 75.3 Å². The number of hydrogen-bond donors (Lipinski definition) is 2. The van der Waals surface area contributed by atoms with Gasteiger partial charge in [-0.05, 0) is 53.9 Å². The van der Waals surface area contributed by atoms with Crippen molar-refractivity contribution in [2.75, 3.05) is 13.1 Å². The minimum absolute atomic E-state index is 0.0746. The van der Waals surface area contributed by atoms with Gasteiger partial charge < -0.3 is 5.32 Å². The lowest BCUT2D eigenvalue weighted by atomic mass is 10.1. The number of rotatable bonds is 4. The van der Waals surface area contributed by atoms with Crippen molar-refractivity contribution in [1.82, 2.24) is 10.0 Å². The van der Waals surface area contributed by atoms with E-state index in [0.717, 1.165) is 28.6 Å². The van der Waals surface area contributed by atoms with Gasteiger partial charge in [0.25, 0.3) is 0 Å². The number of piperidine rings is 1. The zero-order valence-electron chi connectivity index (χ0n) is 12.0. The van der Waals surface area contributed by atoms with Gasteiger partial charge in [-0.3, -0.25) is 9.52 Å². The van der Waals surface area contributed by atoms with Crippen LogP contribution in [0, 0.1) is 0 Å². The molecule has 7 heteroatoms. The molecule has 3 rings (SSSR count). The van der Waals surface area contributed by atoms with Crippen molar-refractivity contribution in [3.63, 3.8) is 0 Å². The minimum atomic E-state index is -3.59. The Morgan fingerprint density at radius 1 is 1.36 bits per heavy atom. The maximum Gasteiger partial charge on any atom is 0.239 e. The molecule has 1 aliphatic rings. The molecule has 5 nitrogen and oxygen atoms in total. The summed E-state index contributed by atoms with van der Waals surface area (Å²) in [5.41, 5.74) is 0.820. The number of carbonyl (C=O) groups excluding carboxylic acids is 1. The Bertz CT molecular complexity index is 777. The summed E-state index contributed by atoms with van der Waals surface area (Å²) in [5, 5.41) is 5.60. The van der Waals surface area contributed by atoms with Crippen LogP contribution in [0.1, 0.15) is 18.4 Å². The lowest BCUT2D eigenvalue weighted by Crippen LogP contribution is -2.46. The Kier molecular flexibility index (Phi) is 4.46. The molecule has 1 aromatic heterocycles. The second kappa shape index (κ2) is 6.36. The number of hydrogen-bond acceptors (Lipinski definition) is 5. The van der Waals surface area contributed by atoms with Crippen LogP contribution in [-0.4, -0.2) is 32.7 Å². The Labute approximate surface area is 133 Å². The molecule has 0 radical (unpaired) electrons. The van der Waals surface area contributed by atoms with Crippen LogP contribution in [0.2, 0.25) is 0 Å². The lowest BCUT2D eigenvalue weighted by Gasteiger charge is -2.22. The molecule has 1 fully saturated rings. The summed E-state index contributed by atoms with van der Waals surface area (Å²) in [4.78, 5) is 12.0. The van der Waals surface area contributed by atoms with Crippen LogP contribution >= 0.6 is 11.3 Å². The Morgan fingerprint density at radius 3 is 3.00 bits per heavy atom. The predicted molar refractivity (Wildman–Crippen MR) is 88.5 cm³/mol. The van der Waals surface area contributed by atoms with Crippen molar-refractivity contribution < 1.29 is 13.2 Å². The predicted octanol–water partition coefficient (Wildman–Crippen LogP) is 1.64. The van der Waals surface area contributed by atoms with Crippen molar-refractivity contribution in [3.05, 3.63) is 35.2 Å². The van der Waals surface area contributed by atoms with Gasteiger partial charge in [-0.1, -0.05) is 6.07 Å². The Hall–Kier alpha value is -1.44. The van der Waals surface area contributed by atoms with E-state index in [1.165, 1.54) is 0 Å². The van der Waals surface area contributed by atoms with E-state index in [1.807, 2.05) is 29.6 Å². The van der Waals surface area contributed by atoms with Crippen molar-refractivity contribution in [2.24, 2.45) is 0 Å². The summed E-state index contributed by atoms with van der Waals surface area (Å²) < 4.78 is 27.7. The zero-order valence-corrected chi connectivity index (χ0v) is 13.7. The summed E-state index contributed by atoms with van der Waals surface area (Å²) in [6.45, 7) is 1.24. The van der Waals surface area contributed by atoms with E-state index in [9.17, 15) is 13.2 Å². The second-order valence-corrected chi connectivity index (χ2v) is 8.42. The van der Waals surface area contributed by atoms with E-state index in [-0.39, 0.29) is 6.42 Å². The van der Waals surface area contributed by atoms with Crippen LogP contribution in [0.25, 0.3) is 10.1 Å². The largest absolute Gasteiger partial charge is 0.315 e. The van der Waals surface area contributed by atoms with E-state index in [1.54, 1.807) is 11.3 Å². The molecule has 1 aliphatic heterocycles. The van der Waals surface area contributed by atoms with E-state index < -0.39 is 21.2 Å². The summed E-state index contributed by atoms with van der Waals surface area (Å²) >= 11 is 1.64. The molecule has 1 amide bonds. The summed E-state index contributed by atoms with van der Waals surface area (Å²) in [5.74, 6) is -0.472. The normalized spacial score (nSPS) is 19.2. The number of thiophene rings is 1. The van der Waals surface area contributed by atoms with E-state index in [2.05, 4.69) is 10.0 Å². The monoisotopic (exact) mass is 338 g/mol. The third-order valence-corrected chi connectivity index (χ3v) is 6.52. The molecule has 1 aromatic carbocycles. The number of carbonyl (C=O) groups is 1. The highest BCUT2D eigenvalue weighted by molar-refractivity contribution is 7.90. The van der Waals surface area contributed by atoms with Crippen LogP contribution in [0.5, 0.6) is 0 Å². The van der Waals surface area contributed by atoms with Crippen molar-refractivity contribution in [2.45, 2.75) is 24.5 Å². The molecule has 1 saturated heterocycles. The first kappa shape index (κ1) is 15.5. The molecule has 118 valence electrons. The molecule has 2 N–H and O–H groups in total. The molecule has 1 atom stereocenters. The molecule has 22 heavy (non-hydrogen) atoms. The third kappa shape index (κ3) is 3.48. The molecule has 0 aliphatic carbocycles. The third-order valence-electron chi connectivity index (χ3n) is 3.83. The Balaban J connectivity index is 1.66. The van der Waals surface area contributed by atoms with Gasteiger partial charge in [0.15, 0.2) is 0 Å². The zero-order chi connectivity index (χ0) is 15.6. The molecule has 2 heterocycles. The lowest BCUT2D eigenvalue weighted by molar-refractivity contribution is -0.118. The first-order valence-corrected chi connectivity index (χ1v) is 9.68. The maximum atomic E-state index is 12.2. The van der Waals surface area contributed by atoms with Crippen molar-refractivity contribution >= 4 is 37.4 Å². The SMILES string of the molecule is O=C(Cc1ccc2sccc2c1)NS(=O)(=O)[C@@H]1CCCNC1. The number of benzene rings is 1. The fourth-order valence-electron chi connectivity index (χ4n) is 2.67. The summed E-state index contributed by atoms with van der Waals surface area (Å²) in [7, 11) is -3.59. The van der Waals surface area contributed by atoms with Crippen molar-refractivity contribution in [1.29, 1.82) is 0 Å². The fraction of sp³-hybridized carbons (Fsp3) is 0.400. The van der Waals surface area contributed by atoms with Gasteiger partial charge in [-0.15, -0.1) is 11.3 Å². The highest BCUT2D eigenvalue weighted by Crippen LogP contribution is 2.22. The number of amides is 1. The van der Waals surface area contributed by atoms with Gasteiger partial charge in [0.1, 0.15) is 0 Å². The smallest absolute Gasteiger partial charge is 0.239 e. The average Bonchev–Trinajstić information content (AvgIpc) is 2.95. The van der Waals surface area contributed by atoms with E-state index >= 15 is 0 Å². The van der Waals surface area contributed by atoms with Gasteiger partial charge in [-0.25, -0.2) is 8.42 Å². The number of nitrogens with one attached hydrogen (secondary N) is 2. The Morgan fingerprint density at radius 2 is 2.23 bits per heavy atom. The number of fused-ring (bicyclic) bond motifs is 1. The first-order valence-electron chi connectivity index (χ1n) is 7.26. The minimum Gasteiger partial charge on any atom is -0.315 e. The highest BCUT2D eigenvalue weighted by atomic mass is 32.2. The number of sulfonamides is 1. The van der Waals surface area contributed by atoms with Crippen LogP contribution in [0.15, 0.2) is 29.6 Å². The summed E-state index contributed by atoms with van der Waals surface area (Å²) in [6.07, 6.45) is 1.48. The van der Waals surface area contributed by atoms with Crippen LogP contribution in [0.4, 0.5) is 0 Å². The quantitative estimate of drug-likeness (QED) is 0.889. The molecule has 0 saturated carbocycles. The highest BCUT2D eigenvalue weighted by Gasteiger charge is 2.28. The van der Waals surface area contributed by atoms with Gasteiger partial charge in [0.2, 0.25) is 15.9 Å². The van der Waals surface area contributed by atoms with E-state index in [0.29, 0.717) is 13.0 Å². The van der Waals surface area contributed by atoms with Crippen LogP contribution in [0.3, 0.4) is 0 Å². The van der Waals surface area contributed by atoms with Crippen LogP contribution in [-0.2, 0) is 21.2 Å². The molecule has 0 bridgehead atoms. The molecular weight excluding hydrogens is 320 g/mol.